The highest BCUT2D eigenvalue weighted by Gasteiger charge is 2.14. The van der Waals surface area contributed by atoms with Crippen LogP contribution >= 0.6 is 11.6 Å². The number of hydrogen-bond acceptors (Lipinski definition) is 2. The van der Waals surface area contributed by atoms with E-state index in [1.54, 1.807) is 11.7 Å². The topological polar surface area (TPSA) is 27.1 Å². The zero-order valence-electron chi connectivity index (χ0n) is 9.92. The molecule has 98 valence electrons. The van der Waals surface area contributed by atoms with Gasteiger partial charge in [0.1, 0.15) is 17.2 Å². The standard InChI is InChI=1S/C12H13ClF2N2O/c1-18-4-2-3-17-10-6-8(14)5-9(15)12(10)16-11(17)7-13/h5-6H,2-4,7H2,1H3. The molecule has 0 radical (unpaired) electrons. The summed E-state index contributed by atoms with van der Waals surface area (Å²) in [6, 6.07) is 2.10. The molecule has 0 amide bonds. The summed E-state index contributed by atoms with van der Waals surface area (Å²) >= 11 is 5.78. The van der Waals surface area contributed by atoms with Crippen molar-refractivity contribution in [3.05, 3.63) is 29.6 Å². The Labute approximate surface area is 108 Å². The number of methoxy groups -OCH3 is 1. The summed E-state index contributed by atoms with van der Waals surface area (Å²) in [6.45, 7) is 1.13. The predicted molar refractivity (Wildman–Crippen MR) is 65.7 cm³/mol. The molecular formula is C12H13ClF2N2O. The third-order valence-corrected chi connectivity index (χ3v) is 2.94. The first-order valence-electron chi connectivity index (χ1n) is 5.56. The van der Waals surface area contributed by atoms with Gasteiger partial charge in [-0.25, -0.2) is 13.8 Å². The second-order valence-corrected chi connectivity index (χ2v) is 4.18. The Balaban J connectivity index is 2.47. The molecule has 0 aliphatic heterocycles. The van der Waals surface area contributed by atoms with E-state index in [-0.39, 0.29) is 11.4 Å². The van der Waals surface area contributed by atoms with E-state index in [0.29, 0.717) is 24.5 Å². The molecule has 0 aliphatic carbocycles. The first-order chi connectivity index (χ1) is 8.67. The number of hydrogen-bond donors (Lipinski definition) is 0. The summed E-state index contributed by atoms with van der Waals surface area (Å²) in [7, 11) is 1.60. The lowest BCUT2D eigenvalue weighted by Crippen LogP contribution is -2.05. The lowest BCUT2D eigenvalue weighted by Gasteiger charge is -2.07. The highest BCUT2D eigenvalue weighted by molar-refractivity contribution is 6.16. The van der Waals surface area contributed by atoms with Gasteiger partial charge in [-0.15, -0.1) is 11.6 Å². The summed E-state index contributed by atoms with van der Waals surface area (Å²) in [5, 5.41) is 0. The van der Waals surface area contributed by atoms with Gasteiger partial charge in [0.05, 0.1) is 11.4 Å². The molecule has 0 atom stereocenters. The van der Waals surface area contributed by atoms with Crippen molar-refractivity contribution in [1.29, 1.82) is 0 Å². The van der Waals surface area contributed by atoms with Gasteiger partial charge >= 0.3 is 0 Å². The summed E-state index contributed by atoms with van der Waals surface area (Å²) in [5.74, 6) is -0.592. The van der Waals surface area contributed by atoms with Gasteiger partial charge in [-0.1, -0.05) is 0 Å². The summed E-state index contributed by atoms with van der Waals surface area (Å²) in [6.07, 6.45) is 0.726. The second kappa shape index (κ2) is 5.63. The molecule has 1 aromatic carbocycles. The molecule has 0 N–H and O–H groups in total. The maximum atomic E-state index is 13.6. The molecule has 6 heteroatoms. The van der Waals surface area contributed by atoms with Gasteiger partial charge in [0.25, 0.3) is 0 Å². The van der Waals surface area contributed by atoms with Crippen LogP contribution in [0.15, 0.2) is 12.1 Å². The maximum absolute atomic E-state index is 13.6. The minimum Gasteiger partial charge on any atom is -0.385 e. The van der Waals surface area contributed by atoms with Crippen molar-refractivity contribution in [2.75, 3.05) is 13.7 Å². The number of ether oxygens (including phenoxy) is 1. The molecule has 0 spiro atoms. The SMILES string of the molecule is COCCCn1c(CCl)nc2c(F)cc(F)cc21. The quantitative estimate of drug-likeness (QED) is 0.619. The van der Waals surface area contributed by atoms with Crippen LogP contribution in [-0.4, -0.2) is 23.3 Å². The van der Waals surface area contributed by atoms with E-state index in [2.05, 4.69) is 4.98 Å². The Morgan fingerprint density at radius 1 is 1.39 bits per heavy atom. The van der Waals surface area contributed by atoms with Crippen LogP contribution in [0.5, 0.6) is 0 Å². The van der Waals surface area contributed by atoms with E-state index >= 15 is 0 Å². The lowest BCUT2D eigenvalue weighted by molar-refractivity contribution is 0.190. The fourth-order valence-electron chi connectivity index (χ4n) is 1.92. The van der Waals surface area contributed by atoms with Gasteiger partial charge < -0.3 is 9.30 Å². The van der Waals surface area contributed by atoms with Crippen molar-refractivity contribution < 1.29 is 13.5 Å². The third kappa shape index (κ3) is 2.47. The molecule has 0 saturated carbocycles. The number of fused-ring (bicyclic) bond motifs is 1. The maximum Gasteiger partial charge on any atom is 0.153 e. The Morgan fingerprint density at radius 3 is 2.83 bits per heavy atom. The second-order valence-electron chi connectivity index (χ2n) is 3.91. The molecule has 2 aromatic rings. The normalized spacial score (nSPS) is 11.3. The van der Waals surface area contributed by atoms with Crippen molar-refractivity contribution in [1.82, 2.24) is 9.55 Å². The average Bonchev–Trinajstić information content (AvgIpc) is 2.68. The molecule has 0 unspecified atom stereocenters. The zero-order chi connectivity index (χ0) is 13.1. The Morgan fingerprint density at radius 2 is 2.17 bits per heavy atom. The van der Waals surface area contributed by atoms with Crippen LogP contribution in [0.25, 0.3) is 11.0 Å². The Bertz CT molecular complexity index is 556. The van der Waals surface area contributed by atoms with E-state index in [1.807, 2.05) is 0 Å². The highest BCUT2D eigenvalue weighted by atomic mass is 35.5. The number of alkyl halides is 1. The van der Waals surface area contributed by atoms with Crippen molar-refractivity contribution in [2.45, 2.75) is 18.8 Å². The summed E-state index contributed by atoms with van der Waals surface area (Å²) in [4.78, 5) is 4.10. The Kier molecular flexibility index (Phi) is 4.14. The van der Waals surface area contributed by atoms with Crippen molar-refractivity contribution >= 4 is 22.6 Å². The molecule has 0 bridgehead atoms. The van der Waals surface area contributed by atoms with Crippen molar-refractivity contribution in [2.24, 2.45) is 0 Å². The van der Waals surface area contributed by atoms with Gasteiger partial charge in [0, 0.05) is 26.3 Å². The van der Waals surface area contributed by atoms with Crippen LogP contribution in [-0.2, 0) is 17.2 Å². The highest BCUT2D eigenvalue weighted by Crippen LogP contribution is 2.22. The van der Waals surface area contributed by atoms with E-state index in [4.69, 9.17) is 16.3 Å². The number of benzene rings is 1. The molecule has 1 aromatic heterocycles. The molecule has 0 aliphatic rings. The lowest BCUT2D eigenvalue weighted by atomic mass is 10.3. The van der Waals surface area contributed by atoms with Crippen LogP contribution in [0.2, 0.25) is 0 Å². The number of halogens is 3. The number of imidazole rings is 1. The molecule has 3 nitrogen and oxygen atoms in total. The number of rotatable bonds is 5. The summed E-state index contributed by atoms with van der Waals surface area (Å²) in [5.41, 5.74) is 0.587. The van der Waals surface area contributed by atoms with E-state index in [1.165, 1.54) is 6.07 Å². The van der Waals surface area contributed by atoms with Crippen molar-refractivity contribution in [3.8, 4) is 0 Å². The van der Waals surface area contributed by atoms with Gasteiger partial charge in [-0.2, -0.15) is 0 Å². The molecular weight excluding hydrogens is 262 g/mol. The molecule has 1 heterocycles. The monoisotopic (exact) mass is 274 g/mol. The van der Waals surface area contributed by atoms with Crippen LogP contribution < -0.4 is 0 Å². The van der Waals surface area contributed by atoms with E-state index < -0.39 is 11.6 Å². The van der Waals surface area contributed by atoms with Gasteiger partial charge in [-0.05, 0) is 12.5 Å². The molecule has 0 saturated heterocycles. The first-order valence-corrected chi connectivity index (χ1v) is 6.10. The minimum absolute atomic E-state index is 0.155. The van der Waals surface area contributed by atoms with Crippen LogP contribution in [0, 0.1) is 11.6 Å². The largest absolute Gasteiger partial charge is 0.385 e. The number of nitrogens with zero attached hydrogens (tertiary/aromatic N) is 2. The van der Waals surface area contributed by atoms with Crippen LogP contribution in [0.1, 0.15) is 12.2 Å². The number of aryl methyl sites for hydroxylation is 1. The molecule has 2 rings (SSSR count). The predicted octanol–water partition coefficient (Wildman–Crippen LogP) is 3.09. The van der Waals surface area contributed by atoms with Gasteiger partial charge in [-0.3, -0.25) is 0 Å². The smallest absolute Gasteiger partial charge is 0.153 e. The van der Waals surface area contributed by atoms with E-state index in [9.17, 15) is 8.78 Å². The third-order valence-electron chi connectivity index (χ3n) is 2.70. The fourth-order valence-corrected chi connectivity index (χ4v) is 2.12. The minimum atomic E-state index is -0.665. The first kappa shape index (κ1) is 13.2. The molecule has 18 heavy (non-hydrogen) atoms. The van der Waals surface area contributed by atoms with Gasteiger partial charge in [0.15, 0.2) is 5.82 Å². The van der Waals surface area contributed by atoms with Crippen molar-refractivity contribution in [3.63, 3.8) is 0 Å². The average molecular weight is 275 g/mol. The van der Waals surface area contributed by atoms with E-state index in [0.717, 1.165) is 12.5 Å². The van der Waals surface area contributed by atoms with Crippen LogP contribution in [0.4, 0.5) is 8.78 Å². The van der Waals surface area contributed by atoms with Crippen LogP contribution in [0.3, 0.4) is 0 Å². The van der Waals surface area contributed by atoms with Gasteiger partial charge in [0.2, 0.25) is 0 Å². The fraction of sp³-hybridized carbons (Fsp3) is 0.417. The zero-order valence-corrected chi connectivity index (χ0v) is 10.7. The Hall–Kier alpha value is -1.20. The number of aromatic nitrogens is 2. The molecule has 0 fully saturated rings. The summed E-state index contributed by atoms with van der Waals surface area (Å²) < 4.78 is 33.5.